The number of carbonyl (C=O) groups excluding carboxylic acids is 2. The van der Waals surface area contributed by atoms with Crippen LogP contribution in [0.2, 0.25) is 0 Å². The fraction of sp³-hybridized carbons (Fsp3) is 0.238. The van der Waals surface area contributed by atoms with E-state index in [4.69, 9.17) is 9.47 Å². The molecule has 0 bridgehead atoms. The molecule has 0 spiro atoms. The van der Waals surface area contributed by atoms with Gasteiger partial charge in [0.2, 0.25) is 0 Å². The van der Waals surface area contributed by atoms with Crippen LogP contribution in [-0.4, -0.2) is 34.1 Å². The molecule has 0 radical (unpaired) electrons. The first-order valence-electron chi connectivity index (χ1n) is 9.50. The molecule has 3 rings (SSSR count). The van der Waals surface area contributed by atoms with Gasteiger partial charge in [0.25, 0.3) is 17.4 Å². The van der Waals surface area contributed by atoms with Gasteiger partial charge in [-0.1, -0.05) is 15.9 Å². The second kappa shape index (κ2) is 10.1. The van der Waals surface area contributed by atoms with Gasteiger partial charge in [0.05, 0.1) is 23.8 Å². The Morgan fingerprint density at radius 1 is 1.13 bits per heavy atom. The van der Waals surface area contributed by atoms with Gasteiger partial charge in [-0.05, 0) is 56.3 Å². The van der Waals surface area contributed by atoms with E-state index in [1.54, 1.807) is 49.4 Å². The molecule has 0 fully saturated rings. The van der Waals surface area contributed by atoms with E-state index in [1.165, 1.54) is 6.33 Å². The number of nitrogens with one attached hydrogen (secondary N) is 2. The minimum Gasteiger partial charge on any atom is -0.494 e. The molecule has 2 aromatic carbocycles. The van der Waals surface area contributed by atoms with Crippen LogP contribution in [0, 0.1) is 0 Å². The summed E-state index contributed by atoms with van der Waals surface area (Å²) in [4.78, 5) is 41.1. The first-order valence-corrected chi connectivity index (χ1v) is 10.3. The van der Waals surface area contributed by atoms with Crippen LogP contribution in [0.5, 0.6) is 11.5 Å². The van der Waals surface area contributed by atoms with Crippen molar-refractivity contribution in [3.63, 3.8) is 0 Å². The van der Waals surface area contributed by atoms with Crippen LogP contribution in [0.15, 0.2) is 58.1 Å². The van der Waals surface area contributed by atoms with Gasteiger partial charge in [-0.25, -0.2) is 4.98 Å². The first kappa shape index (κ1) is 22.3. The third kappa shape index (κ3) is 5.82. The van der Waals surface area contributed by atoms with Crippen LogP contribution in [-0.2, 0) is 16.1 Å². The number of halogens is 1. The maximum absolute atomic E-state index is 12.5. The molecule has 1 unspecified atom stereocenters. The second-order valence-electron chi connectivity index (χ2n) is 6.54. The summed E-state index contributed by atoms with van der Waals surface area (Å²) in [6.45, 7) is 3.69. The summed E-state index contributed by atoms with van der Waals surface area (Å²) in [5.41, 5.74) is 4.73. The van der Waals surface area contributed by atoms with Crippen molar-refractivity contribution in [2.24, 2.45) is 0 Å². The highest BCUT2D eigenvalue weighted by Crippen LogP contribution is 2.18. The first-order chi connectivity index (χ1) is 14.9. The Balaban J connectivity index is 1.54. The lowest BCUT2D eigenvalue weighted by atomic mass is 10.2. The van der Waals surface area contributed by atoms with Crippen molar-refractivity contribution in [3.05, 3.63) is 63.6 Å². The zero-order valence-corrected chi connectivity index (χ0v) is 18.5. The molecule has 162 valence electrons. The molecule has 31 heavy (non-hydrogen) atoms. The monoisotopic (exact) mass is 488 g/mol. The number of aromatic nitrogens is 2. The summed E-state index contributed by atoms with van der Waals surface area (Å²) in [6.07, 6.45) is 0.429. The molecule has 0 saturated heterocycles. The predicted molar refractivity (Wildman–Crippen MR) is 118 cm³/mol. The highest BCUT2D eigenvalue weighted by molar-refractivity contribution is 9.10. The Labute approximate surface area is 186 Å². The number of hydrazine groups is 1. The third-order valence-electron chi connectivity index (χ3n) is 4.24. The number of benzene rings is 2. The number of ether oxygens (including phenoxy) is 2. The molecule has 0 saturated carbocycles. The van der Waals surface area contributed by atoms with Gasteiger partial charge in [-0.3, -0.25) is 29.8 Å². The maximum atomic E-state index is 12.5. The van der Waals surface area contributed by atoms with Crippen LogP contribution in [0.3, 0.4) is 0 Å². The molecule has 10 heteroatoms. The molecule has 1 heterocycles. The summed E-state index contributed by atoms with van der Waals surface area (Å²) >= 11 is 3.31. The molecule has 0 aliphatic rings. The van der Waals surface area contributed by atoms with Crippen molar-refractivity contribution < 1.29 is 19.1 Å². The van der Waals surface area contributed by atoms with E-state index in [9.17, 15) is 14.4 Å². The average molecular weight is 489 g/mol. The van der Waals surface area contributed by atoms with Gasteiger partial charge >= 0.3 is 0 Å². The normalized spacial score (nSPS) is 11.6. The Bertz CT molecular complexity index is 1150. The molecule has 1 aromatic heterocycles. The van der Waals surface area contributed by atoms with Gasteiger partial charge in [-0.15, -0.1) is 0 Å². The molecule has 2 N–H and O–H groups in total. The molecule has 9 nitrogen and oxygen atoms in total. The Morgan fingerprint density at radius 2 is 1.84 bits per heavy atom. The quantitative estimate of drug-likeness (QED) is 0.493. The van der Waals surface area contributed by atoms with Gasteiger partial charge < -0.3 is 9.47 Å². The van der Waals surface area contributed by atoms with Crippen LogP contribution < -0.4 is 25.9 Å². The van der Waals surface area contributed by atoms with Gasteiger partial charge in [0.1, 0.15) is 18.0 Å². The van der Waals surface area contributed by atoms with Crippen LogP contribution >= 0.6 is 15.9 Å². The zero-order valence-electron chi connectivity index (χ0n) is 16.9. The number of rotatable bonds is 7. The molecule has 0 aliphatic carbocycles. The highest BCUT2D eigenvalue weighted by Gasteiger charge is 2.16. The number of hydrogen-bond acceptors (Lipinski definition) is 6. The zero-order chi connectivity index (χ0) is 22.4. The van der Waals surface area contributed by atoms with Crippen LogP contribution in [0.25, 0.3) is 10.9 Å². The summed E-state index contributed by atoms with van der Waals surface area (Å²) in [6, 6.07) is 12.0. The summed E-state index contributed by atoms with van der Waals surface area (Å²) < 4.78 is 12.8. The second-order valence-corrected chi connectivity index (χ2v) is 7.46. The van der Waals surface area contributed by atoms with Crippen LogP contribution in [0.4, 0.5) is 0 Å². The minimum atomic E-state index is -0.861. The van der Waals surface area contributed by atoms with Crippen molar-refractivity contribution >= 4 is 38.6 Å². The Morgan fingerprint density at radius 3 is 2.55 bits per heavy atom. The van der Waals surface area contributed by atoms with Gasteiger partial charge in [0.15, 0.2) is 6.10 Å². The lowest BCUT2D eigenvalue weighted by Gasteiger charge is -2.15. The van der Waals surface area contributed by atoms with E-state index in [1.807, 2.05) is 6.92 Å². The van der Waals surface area contributed by atoms with Crippen molar-refractivity contribution in [2.75, 3.05) is 6.61 Å². The molecule has 2 amide bonds. The predicted octanol–water partition coefficient (Wildman–Crippen LogP) is 2.17. The highest BCUT2D eigenvalue weighted by atomic mass is 79.9. The van der Waals surface area contributed by atoms with E-state index in [-0.39, 0.29) is 12.1 Å². The van der Waals surface area contributed by atoms with Crippen molar-refractivity contribution in [2.45, 2.75) is 26.5 Å². The Kier molecular flexibility index (Phi) is 7.24. The van der Waals surface area contributed by atoms with E-state index in [0.717, 1.165) is 9.04 Å². The van der Waals surface area contributed by atoms with Gasteiger partial charge in [-0.2, -0.15) is 0 Å². The molecule has 0 aliphatic heterocycles. The SMILES string of the molecule is CCOc1ccc(OC(C)C(=O)NNC(=O)Cn2cnc3ccc(Br)cc3c2=O)cc1. The van der Waals surface area contributed by atoms with E-state index >= 15 is 0 Å². The number of hydrogen-bond donors (Lipinski definition) is 2. The minimum absolute atomic E-state index is 0.303. The van der Waals surface area contributed by atoms with E-state index < -0.39 is 17.9 Å². The molecule has 3 aromatic rings. The maximum Gasteiger partial charge on any atom is 0.279 e. The molecular formula is C21H21BrN4O5. The average Bonchev–Trinajstić information content (AvgIpc) is 2.76. The van der Waals surface area contributed by atoms with Crippen molar-refractivity contribution in [1.82, 2.24) is 20.4 Å². The van der Waals surface area contributed by atoms with Crippen LogP contribution in [0.1, 0.15) is 13.8 Å². The number of fused-ring (bicyclic) bond motifs is 1. The smallest absolute Gasteiger partial charge is 0.279 e. The third-order valence-corrected chi connectivity index (χ3v) is 4.74. The molecular weight excluding hydrogens is 468 g/mol. The van der Waals surface area contributed by atoms with Gasteiger partial charge in [0, 0.05) is 4.47 Å². The number of nitrogens with zero attached hydrogens (tertiary/aromatic N) is 2. The Hall–Kier alpha value is -3.40. The lowest BCUT2D eigenvalue weighted by molar-refractivity contribution is -0.133. The summed E-state index contributed by atoms with van der Waals surface area (Å²) in [7, 11) is 0. The number of carbonyl (C=O) groups is 2. The summed E-state index contributed by atoms with van der Waals surface area (Å²) in [5, 5.41) is 0.381. The largest absolute Gasteiger partial charge is 0.494 e. The standard InChI is InChI=1S/C21H21BrN4O5/c1-3-30-15-5-7-16(8-6-15)31-13(2)20(28)25-24-19(27)11-26-12-23-18-9-4-14(22)10-17(18)21(26)29/h4-10,12-13H,3,11H2,1-2H3,(H,24,27)(H,25,28). The molecule has 1 atom stereocenters. The summed E-state index contributed by atoms with van der Waals surface area (Å²) in [5.74, 6) is 0.0531. The van der Waals surface area contributed by atoms with E-state index in [2.05, 4.69) is 31.8 Å². The lowest BCUT2D eigenvalue weighted by Crippen LogP contribution is -2.48. The topological polar surface area (TPSA) is 112 Å². The van der Waals surface area contributed by atoms with E-state index in [0.29, 0.717) is 29.0 Å². The number of amides is 2. The fourth-order valence-electron chi connectivity index (χ4n) is 2.71. The van der Waals surface area contributed by atoms with Crippen molar-refractivity contribution in [1.29, 1.82) is 0 Å². The fourth-order valence-corrected chi connectivity index (χ4v) is 3.07. The van der Waals surface area contributed by atoms with Crippen molar-refractivity contribution in [3.8, 4) is 11.5 Å².